The highest BCUT2D eigenvalue weighted by molar-refractivity contribution is 4.95. The summed E-state index contributed by atoms with van der Waals surface area (Å²) < 4.78 is 0. The van der Waals surface area contributed by atoms with Gasteiger partial charge in [-0.1, -0.05) is 0 Å². The van der Waals surface area contributed by atoms with Crippen molar-refractivity contribution in [3.63, 3.8) is 0 Å². The van der Waals surface area contributed by atoms with Crippen molar-refractivity contribution in [2.24, 2.45) is 5.73 Å². The van der Waals surface area contributed by atoms with Gasteiger partial charge in [0.05, 0.1) is 0 Å². The van der Waals surface area contributed by atoms with Crippen molar-refractivity contribution in [1.29, 1.82) is 0 Å². The number of hydrogen-bond donors (Lipinski definition) is 2. The van der Waals surface area contributed by atoms with Gasteiger partial charge in [0.15, 0.2) is 0 Å². The molecule has 0 aromatic heterocycles. The SMILES string of the molecule is CC(N)CN(C)C1CC2CCC(C1)N2. The van der Waals surface area contributed by atoms with E-state index in [9.17, 15) is 0 Å². The molecule has 0 spiro atoms. The summed E-state index contributed by atoms with van der Waals surface area (Å²) in [7, 11) is 2.22. The predicted octanol–water partition coefficient (Wildman–Crippen LogP) is 0.548. The lowest BCUT2D eigenvalue weighted by atomic mass is 9.98. The van der Waals surface area contributed by atoms with Crippen LogP contribution in [0.3, 0.4) is 0 Å². The van der Waals surface area contributed by atoms with Gasteiger partial charge in [-0.2, -0.15) is 0 Å². The van der Waals surface area contributed by atoms with Crippen LogP contribution in [0.2, 0.25) is 0 Å². The molecule has 2 saturated heterocycles. The molecule has 3 unspecified atom stereocenters. The minimum atomic E-state index is 0.299. The van der Waals surface area contributed by atoms with Crippen LogP contribution >= 0.6 is 0 Å². The molecule has 0 aromatic rings. The summed E-state index contributed by atoms with van der Waals surface area (Å²) in [5.74, 6) is 0. The Bertz CT molecular complexity index is 181. The molecule has 2 rings (SSSR count). The molecule has 0 saturated carbocycles. The second-order valence-electron chi connectivity index (χ2n) is 5.18. The maximum Gasteiger partial charge on any atom is 0.0139 e. The quantitative estimate of drug-likeness (QED) is 0.694. The Kier molecular flexibility index (Phi) is 3.10. The normalized spacial score (nSPS) is 39.0. The van der Waals surface area contributed by atoms with Gasteiger partial charge in [0.2, 0.25) is 0 Å². The maximum absolute atomic E-state index is 5.83. The van der Waals surface area contributed by atoms with Crippen molar-refractivity contribution in [3.8, 4) is 0 Å². The third kappa shape index (κ3) is 2.27. The molecule has 0 amide bonds. The van der Waals surface area contributed by atoms with Gasteiger partial charge in [0.1, 0.15) is 0 Å². The summed E-state index contributed by atoms with van der Waals surface area (Å²) in [6.07, 6.45) is 5.40. The van der Waals surface area contributed by atoms with Gasteiger partial charge >= 0.3 is 0 Å². The molecule has 2 heterocycles. The monoisotopic (exact) mass is 197 g/mol. The van der Waals surface area contributed by atoms with Crippen molar-refractivity contribution in [1.82, 2.24) is 10.2 Å². The molecule has 3 heteroatoms. The molecule has 0 aliphatic carbocycles. The van der Waals surface area contributed by atoms with Crippen LogP contribution in [-0.4, -0.2) is 42.7 Å². The molecule has 0 radical (unpaired) electrons. The largest absolute Gasteiger partial charge is 0.327 e. The third-order valence-corrected chi connectivity index (χ3v) is 3.65. The average Bonchev–Trinajstić information content (AvgIpc) is 2.44. The van der Waals surface area contributed by atoms with E-state index in [1.54, 1.807) is 0 Å². The third-order valence-electron chi connectivity index (χ3n) is 3.65. The Hall–Kier alpha value is -0.120. The van der Waals surface area contributed by atoms with Crippen molar-refractivity contribution in [2.45, 2.75) is 56.8 Å². The lowest BCUT2D eigenvalue weighted by molar-refractivity contribution is 0.166. The first-order valence-corrected chi connectivity index (χ1v) is 5.87. The Morgan fingerprint density at radius 2 is 1.93 bits per heavy atom. The van der Waals surface area contributed by atoms with Crippen LogP contribution in [-0.2, 0) is 0 Å². The molecular formula is C11H23N3. The fourth-order valence-electron chi connectivity index (χ4n) is 2.99. The molecule has 2 aliphatic heterocycles. The van der Waals surface area contributed by atoms with Gasteiger partial charge in [0, 0.05) is 30.7 Å². The lowest BCUT2D eigenvalue weighted by Gasteiger charge is -2.36. The van der Waals surface area contributed by atoms with E-state index in [1.807, 2.05) is 0 Å². The van der Waals surface area contributed by atoms with E-state index in [0.717, 1.165) is 24.7 Å². The van der Waals surface area contributed by atoms with Gasteiger partial charge in [-0.25, -0.2) is 0 Å². The van der Waals surface area contributed by atoms with Crippen LogP contribution in [0.15, 0.2) is 0 Å². The van der Waals surface area contributed by atoms with Crippen molar-refractivity contribution in [2.75, 3.05) is 13.6 Å². The average molecular weight is 197 g/mol. The Labute approximate surface area is 87.0 Å². The molecule has 2 bridgehead atoms. The van der Waals surface area contributed by atoms with Gasteiger partial charge in [-0.3, -0.25) is 0 Å². The first kappa shape index (κ1) is 10.4. The van der Waals surface area contributed by atoms with Crippen LogP contribution in [0.1, 0.15) is 32.6 Å². The van der Waals surface area contributed by atoms with Crippen molar-refractivity contribution in [3.05, 3.63) is 0 Å². The van der Waals surface area contributed by atoms with E-state index in [0.29, 0.717) is 6.04 Å². The second kappa shape index (κ2) is 4.17. The van der Waals surface area contributed by atoms with Crippen LogP contribution in [0.25, 0.3) is 0 Å². The topological polar surface area (TPSA) is 41.3 Å². The number of nitrogens with zero attached hydrogens (tertiary/aromatic N) is 1. The predicted molar refractivity (Wildman–Crippen MR) is 59.2 cm³/mol. The molecule has 0 aromatic carbocycles. The van der Waals surface area contributed by atoms with Crippen molar-refractivity contribution >= 4 is 0 Å². The summed E-state index contributed by atoms with van der Waals surface area (Å²) in [5.41, 5.74) is 5.83. The Balaban J connectivity index is 1.86. The highest BCUT2D eigenvalue weighted by Crippen LogP contribution is 2.29. The van der Waals surface area contributed by atoms with Crippen LogP contribution in [0.5, 0.6) is 0 Å². The molecule has 82 valence electrons. The number of rotatable bonds is 3. The van der Waals surface area contributed by atoms with Crippen LogP contribution in [0.4, 0.5) is 0 Å². The van der Waals surface area contributed by atoms with Crippen LogP contribution < -0.4 is 11.1 Å². The zero-order valence-corrected chi connectivity index (χ0v) is 9.37. The minimum absolute atomic E-state index is 0.299. The number of piperidine rings is 1. The Morgan fingerprint density at radius 3 is 2.43 bits per heavy atom. The van der Waals surface area contributed by atoms with Gasteiger partial charge in [-0.15, -0.1) is 0 Å². The van der Waals surface area contributed by atoms with E-state index in [1.165, 1.54) is 25.7 Å². The van der Waals surface area contributed by atoms with Gasteiger partial charge < -0.3 is 16.0 Å². The van der Waals surface area contributed by atoms with E-state index >= 15 is 0 Å². The molecule has 3 N–H and O–H groups in total. The summed E-state index contributed by atoms with van der Waals surface area (Å²) in [5, 5.41) is 3.67. The van der Waals surface area contributed by atoms with Crippen LogP contribution in [0, 0.1) is 0 Å². The standard InChI is InChI=1S/C11H23N3/c1-8(12)7-14(2)11-5-9-3-4-10(6-11)13-9/h8-11,13H,3-7,12H2,1-2H3. The zero-order chi connectivity index (χ0) is 10.1. The van der Waals surface area contributed by atoms with Crippen molar-refractivity contribution < 1.29 is 0 Å². The number of likely N-dealkylation sites (N-methyl/N-ethyl adjacent to an activating group) is 1. The molecule has 2 aliphatic rings. The molecule has 2 fully saturated rings. The van der Waals surface area contributed by atoms with E-state index in [4.69, 9.17) is 5.73 Å². The fourth-order valence-corrected chi connectivity index (χ4v) is 2.99. The number of hydrogen-bond acceptors (Lipinski definition) is 3. The van der Waals surface area contributed by atoms with E-state index in [-0.39, 0.29) is 0 Å². The van der Waals surface area contributed by atoms with Gasteiger partial charge in [-0.05, 0) is 39.7 Å². The smallest absolute Gasteiger partial charge is 0.0139 e. The highest BCUT2D eigenvalue weighted by Gasteiger charge is 2.34. The fraction of sp³-hybridized carbons (Fsp3) is 1.00. The van der Waals surface area contributed by atoms with E-state index in [2.05, 4.69) is 24.2 Å². The minimum Gasteiger partial charge on any atom is -0.327 e. The molecular weight excluding hydrogens is 174 g/mol. The molecule has 3 atom stereocenters. The number of nitrogens with one attached hydrogen (secondary N) is 1. The highest BCUT2D eigenvalue weighted by atomic mass is 15.2. The number of fused-ring (bicyclic) bond motifs is 2. The summed E-state index contributed by atoms with van der Waals surface area (Å²) >= 11 is 0. The summed E-state index contributed by atoms with van der Waals surface area (Å²) in [6.45, 7) is 3.12. The zero-order valence-electron chi connectivity index (χ0n) is 9.37. The molecule has 3 nitrogen and oxygen atoms in total. The van der Waals surface area contributed by atoms with Gasteiger partial charge in [0.25, 0.3) is 0 Å². The summed E-state index contributed by atoms with van der Waals surface area (Å²) in [4.78, 5) is 2.46. The first-order valence-electron chi connectivity index (χ1n) is 5.87. The second-order valence-corrected chi connectivity index (χ2v) is 5.18. The number of nitrogens with two attached hydrogens (primary N) is 1. The summed E-state index contributed by atoms with van der Waals surface area (Å²) in [6, 6.07) is 2.64. The first-order chi connectivity index (χ1) is 6.65. The maximum atomic E-state index is 5.83. The Morgan fingerprint density at radius 1 is 1.36 bits per heavy atom. The molecule has 14 heavy (non-hydrogen) atoms. The van der Waals surface area contributed by atoms with E-state index < -0.39 is 0 Å². The lowest BCUT2D eigenvalue weighted by Crippen LogP contribution is -2.49.